The van der Waals surface area contributed by atoms with Crippen molar-refractivity contribution in [1.29, 1.82) is 0 Å². The molecule has 0 amide bonds. The van der Waals surface area contributed by atoms with E-state index in [4.69, 9.17) is 29.5 Å². The Morgan fingerprint density at radius 2 is 1.20 bits per heavy atom. The molecule has 0 saturated heterocycles. The Kier molecular flexibility index (Phi) is 18.2. The predicted octanol–water partition coefficient (Wildman–Crippen LogP) is 4.45. The summed E-state index contributed by atoms with van der Waals surface area (Å²) in [5.74, 6) is -1.49. The Balaban J connectivity index is 1.73. The summed E-state index contributed by atoms with van der Waals surface area (Å²) >= 11 is 0. The standard InChI is InChI=1S/C39H50O11/c40-19-4-1-5-20-48-38(46)32-17-18-33(39(47)50-22-7-3-12-36(44)27-42)25-34(24-32)29-15-13-28(14-16-29)30-9-8-10-31(23-30)37(45)49-21-6-2-11-35(43)26-41/h8-10,13-17,23-25,35-36,40-44H,1-7,11-12,18-22,26-27H2. The van der Waals surface area contributed by atoms with Crippen molar-refractivity contribution < 1.29 is 54.1 Å². The molecule has 2 aromatic carbocycles. The van der Waals surface area contributed by atoms with Gasteiger partial charge in [-0.25, -0.2) is 14.4 Å². The van der Waals surface area contributed by atoms with Gasteiger partial charge in [-0.2, -0.15) is 0 Å². The second-order valence-electron chi connectivity index (χ2n) is 12.1. The number of aliphatic hydroxyl groups excluding tert-OH is 5. The molecule has 1 aliphatic carbocycles. The van der Waals surface area contributed by atoms with Crippen LogP contribution in [0.15, 0.2) is 77.9 Å². The summed E-state index contributed by atoms with van der Waals surface area (Å²) in [6.45, 7) is 0.0380. The Hall–Kier alpha value is -4.13. The number of carbonyl (C=O) groups excluding carboxylic acids is 3. The number of allylic oxidation sites excluding steroid dienone is 3. The van der Waals surface area contributed by atoms with E-state index < -0.39 is 30.1 Å². The van der Waals surface area contributed by atoms with Gasteiger partial charge in [0.1, 0.15) is 0 Å². The van der Waals surface area contributed by atoms with Crippen molar-refractivity contribution in [1.82, 2.24) is 0 Å². The number of ether oxygens (including phenoxy) is 3. The quantitative estimate of drug-likeness (QED) is 0.0668. The number of esters is 3. The molecule has 1 aliphatic rings. The molecule has 272 valence electrons. The summed E-state index contributed by atoms with van der Waals surface area (Å²) in [4.78, 5) is 38.7. The van der Waals surface area contributed by atoms with Gasteiger partial charge in [0.05, 0.1) is 56.4 Å². The van der Waals surface area contributed by atoms with E-state index in [0.29, 0.717) is 73.6 Å². The monoisotopic (exact) mass is 694 g/mol. The highest BCUT2D eigenvalue weighted by Crippen LogP contribution is 2.29. The van der Waals surface area contributed by atoms with Crippen molar-refractivity contribution in [2.75, 3.05) is 39.6 Å². The molecule has 50 heavy (non-hydrogen) atoms. The minimum absolute atomic E-state index is 0.0808. The normalized spacial score (nSPS) is 14.1. The maximum atomic E-state index is 13.1. The van der Waals surface area contributed by atoms with Crippen molar-refractivity contribution in [3.05, 3.63) is 89.0 Å². The molecule has 11 heteroatoms. The largest absolute Gasteiger partial charge is 0.462 e. The van der Waals surface area contributed by atoms with Gasteiger partial charge in [0.2, 0.25) is 0 Å². The van der Waals surface area contributed by atoms with Gasteiger partial charge in [-0.1, -0.05) is 42.5 Å². The van der Waals surface area contributed by atoms with Gasteiger partial charge in [0.15, 0.2) is 0 Å². The maximum Gasteiger partial charge on any atom is 0.338 e. The van der Waals surface area contributed by atoms with Crippen LogP contribution in [0.1, 0.15) is 80.1 Å². The van der Waals surface area contributed by atoms with Crippen molar-refractivity contribution in [2.24, 2.45) is 0 Å². The molecule has 5 N–H and O–H groups in total. The number of carbonyl (C=O) groups is 3. The second kappa shape index (κ2) is 22.6. The lowest BCUT2D eigenvalue weighted by atomic mass is 9.97. The molecule has 0 bridgehead atoms. The average molecular weight is 695 g/mol. The van der Waals surface area contributed by atoms with Crippen LogP contribution in [0.3, 0.4) is 0 Å². The highest BCUT2D eigenvalue weighted by Gasteiger charge is 2.19. The van der Waals surface area contributed by atoms with E-state index in [1.54, 1.807) is 36.4 Å². The number of hydrogen-bond acceptors (Lipinski definition) is 11. The highest BCUT2D eigenvalue weighted by atomic mass is 16.5. The third-order valence-corrected chi connectivity index (χ3v) is 8.12. The van der Waals surface area contributed by atoms with Crippen LogP contribution >= 0.6 is 0 Å². The van der Waals surface area contributed by atoms with E-state index in [1.165, 1.54) is 0 Å². The third kappa shape index (κ3) is 14.0. The zero-order chi connectivity index (χ0) is 36.1. The highest BCUT2D eigenvalue weighted by molar-refractivity contribution is 5.99. The fourth-order valence-corrected chi connectivity index (χ4v) is 5.16. The van der Waals surface area contributed by atoms with Crippen LogP contribution in [0.5, 0.6) is 0 Å². The lowest BCUT2D eigenvalue weighted by Gasteiger charge is -2.10. The lowest BCUT2D eigenvalue weighted by Crippen LogP contribution is -2.13. The van der Waals surface area contributed by atoms with E-state index in [-0.39, 0.29) is 46.1 Å². The molecule has 0 aliphatic heterocycles. The van der Waals surface area contributed by atoms with Crippen molar-refractivity contribution >= 4 is 23.5 Å². The fourth-order valence-electron chi connectivity index (χ4n) is 5.16. The van der Waals surface area contributed by atoms with E-state index >= 15 is 0 Å². The van der Waals surface area contributed by atoms with Crippen LogP contribution in [-0.4, -0.2) is 95.3 Å². The first-order valence-electron chi connectivity index (χ1n) is 17.3. The number of unbranched alkanes of at least 4 members (excludes halogenated alkanes) is 4. The third-order valence-electron chi connectivity index (χ3n) is 8.12. The molecular formula is C39H50O11. The molecule has 2 unspecified atom stereocenters. The van der Waals surface area contributed by atoms with Gasteiger partial charge < -0.3 is 39.7 Å². The molecule has 0 radical (unpaired) electrons. The Morgan fingerprint density at radius 1 is 0.620 bits per heavy atom. The van der Waals surface area contributed by atoms with Crippen LogP contribution in [0.2, 0.25) is 0 Å². The lowest BCUT2D eigenvalue weighted by molar-refractivity contribution is -0.140. The van der Waals surface area contributed by atoms with E-state index in [2.05, 4.69) is 0 Å². The molecule has 2 atom stereocenters. The topological polar surface area (TPSA) is 180 Å². The van der Waals surface area contributed by atoms with Gasteiger partial charge in [-0.3, -0.25) is 0 Å². The molecule has 0 aromatic heterocycles. The zero-order valence-corrected chi connectivity index (χ0v) is 28.5. The van der Waals surface area contributed by atoms with E-state index in [1.807, 2.05) is 30.3 Å². The SMILES string of the molecule is O=C(OCCCCCO)C1=CCC(C(=O)OCCCCC(O)CO)=CC(c2ccc(-c3cccc(C(=O)OCCCCC(O)CO)c3)cc2)=C1. The van der Waals surface area contributed by atoms with Gasteiger partial charge >= 0.3 is 17.9 Å². The Morgan fingerprint density at radius 3 is 1.82 bits per heavy atom. The molecule has 0 spiro atoms. The van der Waals surface area contributed by atoms with Crippen molar-refractivity contribution in [3.63, 3.8) is 0 Å². The summed E-state index contributed by atoms with van der Waals surface area (Å²) < 4.78 is 16.4. The predicted molar refractivity (Wildman–Crippen MR) is 188 cm³/mol. The molecule has 2 aromatic rings. The number of aliphatic hydroxyl groups is 5. The van der Waals surface area contributed by atoms with Crippen molar-refractivity contribution in [3.8, 4) is 11.1 Å². The van der Waals surface area contributed by atoms with Crippen molar-refractivity contribution in [2.45, 2.75) is 76.4 Å². The summed E-state index contributed by atoms with van der Waals surface area (Å²) in [7, 11) is 0. The molecule has 0 heterocycles. The summed E-state index contributed by atoms with van der Waals surface area (Å²) in [6, 6.07) is 14.6. The van der Waals surface area contributed by atoms with Crippen LogP contribution in [-0.2, 0) is 23.8 Å². The summed E-state index contributed by atoms with van der Waals surface area (Å²) in [5, 5.41) is 45.8. The first-order valence-corrected chi connectivity index (χ1v) is 17.3. The van der Waals surface area contributed by atoms with Gasteiger partial charge in [-0.05, 0) is 111 Å². The Bertz CT molecular complexity index is 1460. The van der Waals surface area contributed by atoms with Crippen LogP contribution in [0.25, 0.3) is 16.7 Å². The van der Waals surface area contributed by atoms with Crippen LogP contribution < -0.4 is 0 Å². The minimum atomic E-state index is -0.798. The van der Waals surface area contributed by atoms with Gasteiger partial charge in [0, 0.05) is 12.2 Å². The van der Waals surface area contributed by atoms with E-state index in [0.717, 1.165) is 23.1 Å². The summed E-state index contributed by atoms with van der Waals surface area (Å²) in [6.07, 6.45) is 8.75. The average Bonchev–Trinajstić information content (AvgIpc) is 3.38. The van der Waals surface area contributed by atoms with Gasteiger partial charge in [-0.15, -0.1) is 0 Å². The molecular weight excluding hydrogens is 644 g/mol. The number of benzene rings is 2. The van der Waals surface area contributed by atoms with Crippen LogP contribution in [0, 0.1) is 0 Å². The first-order chi connectivity index (χ1) is 24.2. The molecule has 0 fully saturated rings. The number of rotatable bonds is 22. The van der Waals surface area contributed by atoms with E-state index in [9.17, 15) is 24.6 Å². The Labute approximate surface area is 293 Å². The smallest absolute Gasteiger partial charge is 0.338 e. The first kappa shape index (κ1) is 40.3. The number of hydrogen-bond donors (Lipinski definition) is 5. The maximum absolute atomic E-state index is 13.1. The molecule has 0 saturated carbocycles. The molecule has 3 rings (SSSR count). The fraction of sp³-hybridized carbons (Fsp3) is 0.462. The zero-order valence-electron chi connectivity index (χ0n) is 28.5. The van der Waals surface area contributed by atoms with Crippen LogP contribution in [0.4, 0.5) is 0 Å². The minimum Gasteiger partial charge on any atom is -0.462 e. The van der Waals surface area contributed by atoms with Gasteiger partial charge in [0.25, 0.3) is 0 Å². The molecule has 11 nitrogen and oxygen atoms in total. The second-order valence-corrected chi connectivity index (χ2v) is 12.1. The summed E-state index contributed by atoms with van der Waals surface area (Å²) in [5.41, 5.74) is 4.04.